The summed E-state index contributed by atoms with van der Waals surface area (Å²) in [5.41, 5.74) is 0. The Hall–Kier alpha value is 0.530. The highest BCUT2D eigenvalue weighted by Gasteiger charge is 2.61. The molecule has 0 unspecified atom stereocenters. The van der Waals surface area contributed by atoms with Crippen molar-refractivity contribution in [2.24, 2.45) is 0 Å². The minimum Gasteiger partial charge on any atom is -0.366 e. The predicted molar refractivity (Wildman–Crippen MR) is 54.8 cm³/mol. The second-order valence-electron chi connectivity index (χ2n) is 4.01. The minimum atomic E-state index is -1.45. The Labute approximate surface area is 95.5 Å². The van der Waals surface area contributed by atoms with Crippen molar-refractivity contribution in [3.8, 4) is 0 Å². The number of ether oxygens (including phenoxy) is 3. The van der Waals surface area contributed by atoms with Crippen molar-refractivity contribution in [1.29, 1.82) is 0 Å². The molecular formula is C8H13IO5. The monoisotopic (exact) mass is 316 g/mol. The summed E-state index contributed by atoms with van der Waals surface area (Å²) in [6, 6.07) is 0. The molecule has 0 bridgehead atoms. The SMILES string of the molecule is CC1(C)O[C@H]2[C@H](O)O[C@](O)(CI)[C@H]2O1. The molecule has 82 valence electrons. The van der Waals surface area contributed by atoms with Gasteiger partial charge in [-0.1, -0.05) is 22.6 Å². The molecule has 0 amide bonds. The average Bonchev–Trinajstić information content (AvgIpc) is 2.50. The summed E-state index contributed by atoms with van der Waals surface area (Å²) in [4.78, 5) is 0. The molecule has 0 saturated carbocycles. The number of alkyl halides is 1. The molecule has 4 atom stereocenters. The first-order valence-corrected chi connectivity index (χ1v) is 5.90. The van der Waals surface area contributed by atoms with Crippen LogP contribution < -0.4 is 0 Å². The number of hydrogen-bond acceptors (Lipinski definition) is 5. The third-order valence-electron chi connectivity index (χ3n) is 2.37. The van der Waals surface area contributed by atoms with Crippen LogP contribution >= 0.6 is 22.6 Å². The van der Waals surface area contributed by atoms with Crippen molar-refractivity contribution < 1.29 is 24.4 Å². The first kappa shape index (κ1) is 11.0. The van der Waals surface area contributed by atoms with Gasteiger partial charge in [0.25, 0.3) is 0 Å². The number of aliphatic hydroxyl groups excluding tert-OH is 1. The van der Waals surface area contributed by atoms with Gasteiger partial charge < -0.3 is 24.4 Å². The van der Waals surface area contributed by atoms with E-state index in [1.54, 1.807) is 13.8 Å². The van der Waals surface area contributed by atoms with Gasteiger partial charge >= 0.3 is 0 Å². The number of fused-ring (bicyclic) bond motifs is 1. The van der Waals surface area contributed by atoms with E-state index in [4.69, 9.17) is 14.2 Å². The van der Waals surface area contributed by atoms with Crippen molar-refractivity contribution >= 4 is 22.6 Å². The Morgan fingerprint density at radius 1 is 1.29 bits per heavy atom. The molecule has 5 nitrogen and oxygen atoms in total. The van der Waals surface area contributed by atoms with Crippen LogP contribution in [0.25, 0.3) is 0 Å². The van der Waals surface area contributed by atoms with E-state index in [0.717, 1.165) is 0 Å². The zero-order valence-corrected chi connectivity index (χ0v) is 10.1. The standard InChI is InChI=1S/C8H13IO5/c1-7(2)12-4-5(13-7)8(11,3-9)14-6(4)10/h4-6,10-11H,3H2,1-2H3/t4-,5+,6-,8-/m1/s1. The highest BCUT2D eigenvalue weighted by Crippen LogP contribution is 2.42. The van der Waals surface area contributed by atoms with Crippen LogP contribution in [-0.4, -0.2) is 44.7 Å². The van der Waals surface area contributed by atoms with Crippen LogP contribution in [0, 0.1) is 0 Å². The molecule has 0 aromatic heterocycles. The Bertz CT molecular complexity index is 246. The van der Waals surface area contributed by atoms with Crippen molar-refractivity contribution in [2.75, 3.05) is 4.43 Å². The summed E-state index contributed by atoms with van der Waals surface area (Å²) >= 11 is 1.98. The Kier molecular flexibility index (Phi) is 2.57. The van der Waals surface area contributed by atoms with Gasteiger partial charge in [0.05, 0.1) is 4.43 Å². The molecule has 0 aliphatic carbocycles. The van der Waals surface area contributed by atoms with Crippen molar-refractivity contribution in [2.45, 2.75) is 43.9 Å². The molecule has 2 aliphatic rings. The lowest BCUT2D eigenvalue weighted by molar-refractivity contribution is -0.291. The first-order valence-electron chi connectivity index (χ1n) is 4.38. The minimum absolute atomic E-state index is 0.322. The Morgan fingerprint density at radius 2 is 1.93 bits per heavy atom. The van der Waals surface area contributed by atoms with E-state index in [-0.39, 0.29) is 0 Å². The fraction of sp³-hybridized carbons (Fsp3) is 1.00. The molecule has 2 N–H and O–H groups in total. The highest BCUT2D eigenvalue weighted by molar-refractivity contribution is 14.1. The number of aliphatic hydroxyl groups is 2. The topological polar surface area (TPSA) is 68.2 Å². The van der Waals surface area contributed by atoms with Gasteiger partial charge in [-0.2, -0.15) is 0 Å². The molecule has 2 heterocycles. The van der Waals surface area contributed by atoms with E-state index >= 15 is 0 Å². The van der Waals surface area contributed by atoms with Crippen molar-refractivity contribution in [1.82, 2.24) is 0 Å². The summed E-state index contributed by atoms with van der Waals surface area (Å²) in [6.07, 6.45) is -2.35. The summed E-state index contributed by atoms with van der Waals surface area (Å²) in [6.45, 7) is 3.48. The molecule has 2 aliphatic heterocycles. The third-order valence-corrected chi connectivity index (χ3v) is 3.46. The zero-order chi connectivity index (χ0) is 10.6. The Morgan fingerprint density at radius 3 is 2.50 bits per heavy atom. The summed E-state index contributed by atoms with van der Waals surface area (Å²) in [7, 11) is 0. The second-order valence-corrected chi connectivity index (χ2v) is 4.77. The van der Waals surface area contributed by atoms with E-state index < -0.39 is 30.1 Å². The molecule has 2 rings (SSSR count). The van der Waals surface area contributed by atoms with E-state index in [1.807, 2.05) is 22.6 Å². The van der Waals surface area contributed by atoms with Crippen molar-refractivity contribution in [3.05, 3.63) is 0 Å². The normalized spacial score (nSPS) is 50.8. The lowest BCUT2D eigenvalue weighted by Gasteiger charge is -2.27. The van der Waals surface area contributed by atoms with Crippen LogP contribution in [0.1, 0.15) is 13.8 Å². The molecule has 2 saturated heterocycles. The number of halogens is 1. The fourth-order valence-electron chi connectivity index (χ4n) is 1.80. The molecule has 14 heavy (non-hydrogen) atoms. The highest BCUT2D eigenvalue weighted by atomic mass is 127. The molecule has 2 fully saturated rings. The largest absolute Gasteiger partial charge is 0.366 e. The quantitative estimate of drug-likeness (QED) is 0.526. The van der Waals surface area contributed by atoms with Gasteiger partial charge in [-0.25, -0.2) is 0 Å². The van der Waals surface area contributed by atoms with E-state index in [9.17, 15) is 10.2 Å². The predicted octanol–water partition coefficient (Wildman–Crippen LogP) is -0.0213. The van der Waals surface area contributed by atoms with Crippen LogP contribution in [0.3, 0.4) is 0 Å². The zero-order valence-electron chi connectivity index (χ0n) is 7.94. The molecule has 0 aromatic carbocycles. The van der Waals surface area contributed by atoms with Crippen LogP contribution in [0.4, 0.5) is 0 Å². The first-order chi connectivity index (χ1) is 6.38. The van der Waals surface area contributed by atoms with E-state index in [2.05, 4.69) is 0 Å². The fourth-order valence-corrected chi connectivity index (χ4v) is 2.41. The van der Waals surface area contributed by atoms with Crippen LogP contribution in [0.5, 0.6) is 0 Å². The summed E-state index contributed by atoms with van der Waals surface area (Å²) < 4.78 is 16.2. The smallest absolute Gasteiger partial charge is 0.207 e. The van der Waals surface area contributed by atoms with Gasteiger partial charge in [0.2, 0.25) is 5.79 Å². The molecule has 0 aromatic rings. The Balaban J connectivity index is 2.23. The molecule has 0 spiro atoms. The lowest BCUT2D eigenvalue weighted by Crippen LogP contribution is -2.44. The van der Waals surface area contributed by atoms with Gasteiger partial charge in [-0.05, 0) is 13.8 Å². The van der Waals surface area contributed by atoms with Gasteiger partial charge in [-0.15, -0.1) is 0 Å². The summed E-state index contributed by atoms with van der Waals surface area (Å²) in [5, 5.41) is 19.5. The van der Waals surface area contributed by atoms with Gasteiger partial charge in [0, 0.05) is 0 Å². The maximum atomic E-state index is 9.98. The third kappa shape index (κ3) is 1.57. The van der Waals surface area contributed by atoms with Gasteiger partial charge in [0.15, 0.2) is 12.1 Å². The maximum Gasteiger partial charge on any atom is 0.207 e. The molecule has 0 radical (unpaired) electrons. The van der Waals surface area contributed by atoms with E-state index in [1.165, 1.54) is 0 Å². The van der Waals surface area contributed by atoms with Gasteiger partial charge in [0.1, 0.15) is 12.2 Å². The van der Waals surface area contributed by atoms with Crippen molar-refractivity contribution in [3.63, 3.8) is 0 Å². The molecular weight excluding hydrogens is 303 g/mol. The molecule has 6 heteroatoms. The van der Waals surface area contributed by atoms with Crippen LogP contribution in [-0.2, 0) is 14.2 Å². The average molecular weight is 316 g/mol. The van der Waals surface area contributed by atoms with E-state index in [0.29, 0.717) is 4.43 Å². The van der Waals surface area contributed by atoms with Gasteiger partial charge in [-0.3, -0.25) is 0 Å². The summed E-state index contributed by atoms with van der Waals surface area (Å²) in [5.74, 6) is -2.22. The maximum absolute atomic E-state index is 9.98. The number of hydrogen-bond donors (Lipinski definition) is 2. The van der Waals surface area contributed by atoms with Crippen LogP contribution in [0.2, 0.25) is 0 Å². The second kappa shape index (κ2) is 3.26. The van der Waals surface area contributed by atoms with Crippen LogP contribution in [0.15, 0.2) is 0 Å². The number of rotatable bonds is 1. The lowest BCUT2D eigenvalue weighted by atomic mass is 10.1.